The van der Waals surface area contributed by atoms with Crippen molar-refractivity contribution in [3.8, 4) is 17.2 Å². The molecule has 1 amide bonds. The standard InChI is InChI=1S/C23H26BrFN6O7S/c1-23(2,3)36-21(32)29-39(34,35)30-10-13-6-12(7-14(13)11-30)8-18-19(27-38-26-18)20-28-37-22(33)31(20)15-4-5-17(25)16(24)9-15/h4-5,9,12-14H,6-8,10-11H2,1-3H3,(H,29,32). The van der Waals surface area contributed by atoms with Crippen LogP contribution in [0.1, 0.15) is 39.3 Å². The van der Waals surface area contributed by atoms with E-state index in [4.69, 9.17) is 13.9 Å². The number of carbonyl (C=O) groups is 1. The van der Waals surface area contributed by atoms with E-state index >= 15 is 0 Å². The Morgan fingerprint density at radius 3 is 2.54 bits per heavy atom. The van der Waals surface area contributed by atoms with Crippen LogP contribution < -0.4 is 10.5 Å². The fourth-order valence-corrected chi connectivity index (χ4v) is 6.77. The molecule has 2 aromatic heterocycles. The molecule has 16 heteroatoms. The van der Waals surface area contributed by atoms with Gasteiger partial charge in [-0.3, -0.25) is 4.52 Å². The van der Waals surface area contributed by atoms with Crippen molar-refractivity contribution in [3.05, 3.63) is 44.7 Å². The molecule has 1 aliphatic heterocycles. The third kappa shape index (κ3) is 5.77. The number of rotatable bonds is 6. The van der Waals surface area contributed by atoms with Gasteiger partial charge in [0.1, 0.15) is 17.1 Å². The van der Waals surface area contributed by atoms with Gasteiger partial charge in [0.25, 0.3) is 0 Å². The molecule has 1 aromatic carbocycles. The van der Waals surface area contributed by atoms with E-state index < -0.39 is 33.5 Å². The molecule has 0 spiro atoms. The number of hydrogen-bond acceptors (Lipinski definition) is 10. The maximum atomic E-state index is 13.7. The Kier molecular flexibility index (Phi) is 7.13. The minimum atomic E-state index is -4.02. The van der Waals surface area contributed by atoms with Gasteiger partial charge < -0.3 is 4.74 Å². The lowest BCUT2D eigenvalue weighted by molar-refractivity contribution is 0.0567. The summed E-state index contributed by atoms with van der Waals surface area (Å²) in [6.45, 7) is 5.52. The Morgan fingerprint density at radius 1 is 1.21 bits per heavy atom. The maximum absolute atomic E-state index is 13.7. The van der Waals surface area contributed by atoms with Crippen molar-refractivity contribution >= 4 is 32.2 Å². The second-order valence-corrected chi connectivity index (χ2v) is 13.3. The Hall–Kier alpha value is -3.11. The molecule has 210 valence electrons. The first kappa shape index (κ1) is 27.5. The molecule has 3 aromatic rings. The van der Waals surface area contributed by atoms with Crippen molar-refractivity contribution < 1.29 is 31.5 Å². The fourth-order valence-electron chi connectivity index (χ4n) is 5.25. The van der Waals surface area contributed by atoms with Gasteiger partial charge in [-0.15, -0.1) is 0 Å². The largest absolute Gasteiger partial charge is 0.446 e. The van der Waals surface area contributed by atoms with Crippen molar-refractivity contribution in [2.24, 2.45) is 17.8 Å². The lowest BCUT2D eigenvalue weighted by Gasteiger charge is -2.22. The van der Waals surface area contributed by atoms with Crippen molar-refractivity contribution in [2.75, 3.05) is 13.1 Å². The van der Waals surface area contributed by atoms with Gasteiger partial charge in [-0.2, -0.15) is 12.7 Å². The highest BCUT2D eigenvalue weighted by molar-refractivity contribution is 9.10. The van der Waals surface area contributed by atoms with E-state index in [2.05, 4.69) is 31.4 Å². The summed E-state index contributed by atoms with van der Waals surface area (Å²) in [7, 11) is -4.02. The molecule has 1 N–H and O–H groups in total. The molecule has 2 atom stereocenters. The van der Waals surface area contributed by atoms with E-state index in [1.54, 1.807) is 20.8 Å². The summed E-state index contributed by atoms with van der Waals surface area (Å²) in [5, 5.41) is 11.8. The molecule has 13 nitrogen and oxygen atoms in total. The molecule has 1 saturated carbocycles. The van der Waals surface area contributed by atoms with Crippen LogP contribution in [0.5, 0.6) is 0 Å². The van der Waals surface area contributed by atoms with Crippen LogP contribution in [0.15, 0.2) is 36.6 Å². The summed E-state index contributed by atoms with van der Waals surface area (Å²) in [5.41, 5.74) is 0.193. The lowest BCUT2D eigenvalue weighted by atomic mass is 9.98. The summed E-state index contributed by atoms with van der Waals surface area (Å²) in [5.74, 6) is -0.841. The third-order valence-electron chi connectivity index (χ3n) is 6.78. The van der Waals surface area contributed by atoms with Gasteiger partial charge >= 0.3 is 22.1 Å². The zero-order valence-corrected chi connectivity index (χ0v) is 23.7. The Morgan fingerprint density at radius 2 is 1.90 bits per heavy atom. The van der Waals surface area contributed by atoms with Gasteiger partial charge in [-0.05, 0) is 97.1 Å². The molecule has 1 saturated heterocycles. The monoisotopic (exact) mass is 628 g/mol. The lowest BCUT2D eigenvalue weighted by Crippen LogP contribution is -2.44. The summed E-state index contributed by atoms with van der Waals surface area (Å²) in [4.78, 5) is 24.4. The molecular formula is C23H26BrFN6O7S. The molecule has 2 fully saturated rings. The van der Waals surface area contributed by atoms with Crippen molar-refractivity contribution in [2.45, 2.75) is 45.6 Å². The van der Waals surface area contributed by atoms with Crippen LogP contribution in [-0.2, 0) is 21.4 Å². The number of halogens is 2. The smallest absolute Gasteiger partial charge is 0.443 e. The maximum Gasteiger partial charge on any atom is 0.446 e. The topological polar surface area (TPSA) is 163 Å². The van der Waals surface area contributed by atoms with Crippen LogP contribution in [0.3, 0.4) is 0 Å². The van der Waals surface area contributed by atoms with E-state index in [1.807, 2.05) is 4.72 Å². The van der Waals surface area contributed by atoms with Gasteiger partial charge in [0.15, 0.2) is 5.69 Å². The van der Waals surface area contributed by atoms with Crippen LogP contribution >= 0.6 is 15.9 Å². The average molecular weight is 629 g/mol. The minimum Gasteiger partial charge on any atom is -0.443 e. The number of carbonyl (C=O) groups excluding carboxylic acids is 1. The first-order valence-corrected chi connectivity index (χ1v) is 14.4. The predicted octanol–water partition coefficient (Wildman–Crippen LogP) is 3.05. The van der Waals surface area contributed by atoms with E-state index in [-0.39, 0.29) is 46.8 Å². The number of fused-ring (bicyclic) bond motifs is 1. The van der Waals surface area contributed by atoms with E-state index in [9.17, 15) is 22.4 Å². The van der Waals surface area contributed by atoms with Gasteiger partial charge in [0, 0.05) is 13.1 Å². The molecule has 0 bridgehead atoms. The number of hydrogen-bond donors (Lipinski definition) is 1. The number of amides is 1. The SMILES string of the molecule is CC(C)(C)OC(=O)NS(=O)(=O)N1CC2CC(Cc3nonc3-c3noc(=O)n3-c3ccc(F)c(Br)c3)CC2C1. The molecule has 2 aliphatic rings. The van der Waals surface area contributed by atoms with Crippen molar-refractivity contribution in [1.82, 2.24) is 29.1 Å². The van der Waals surface area contributed by atoms with Gasteiger partial charge in [-0.1, -0.05) is 10.3 Å². The minimum absolute atomic E-state index is 0.0680. The predicted molar refractivity (Wildman–Crippen MR) is 136 cm³/mol. The Bertz CT molecular complexity index is 1550. The zero-order valence-electron chi connectivity index (χ0n) is 21.3. The highest BCUT2D eigenvalue weighted by Crippen LogP contribution is 2.43. The number of nitrogens with zero attached hydrogens (tertiary/aromatic N) is 5. The number of benzene rings is 1. The third-order valence-corrected chi connectivity index (χ3v) is 8.79. The normalized spacial score (nSPS) is 21.7. The Labute approximate surface area is 230 Å². The molecule has 3 heterocycles. The van der Waals surface area contributed by atoms with E-state index in [0.717, 1.165) is 17.4 Å². The summed E-state index contributed by atoms with van der Waals surface area (Å²) >= 11 is 3.11. The van der Waals surface area contributed by atoms with Gasteiger partial charge in [0.2, 0.25) is 5.82 Å². The first-order valence-electron chi connectivity index (χ1n) is 12.2. The van der Waals surface area contributed by atoms with E-state index in [0.29, 0.717) is 17.8 Å². The molecule has 1 aliphatic carbocycles. The number of ether oxygens (including phenoxy) is 1. The highest BCUT2D eigenvalue weighted by Gasteiger charge is 2.45. The molecule has 2 unspecified atom stereocenters. The summed E-state index contributed by atoms with van der Waals surface area (Å²) < 4.78 is 58.6. The number of nitrogens with one attached hydrogen (secondary N) is 1. The quantitative estimate of drug-likeness (QED) is 0.429. The fraction of sp³-hybridized carbons (Fsp3) is 0.522. The van der Waals surface area contributed by atoms with Gasteiger partial charge in [-0.25, -0.2) is 27.9 Å². The molecule has 39 heavy (non-hydrogen) atoms. The van der Waals surface area contributed by atoms with Crippen molar-refractivity contribution in [1.29, 1.82) is 0 Å². The van der Waals surface area contributed by atoms with Crippen molar-refractivity contribution in [3.63, 3.8) is 0 Å². The average Bonchev–Trinajstić information content (AvgIpc) is 3.58. The summed E-state index contributed by atoms with van der Waals surface area (Å²) in [6, 6.07) is 4.03. The van der Waals surface area contributed by atoms with Crippen LogP contribution in [0.2, 0.25) is 0 Å². The Balaban J connectivity index is 1.26. The second-order valence-electron chi connectivity index (χ2n) is 10.8. The van der Waals surface area contributed by atoms with Crippen LogP contribution in [0.4, 0.5) is 9.18 Å². The summed E-state index contributed by atoms with van der Waals surface area (Å²) in [6.07, 6.45) is 0.906. The zero-order chi connectivity index (χ0) is 28.1. The highest BCUT2D eigenvalue weighted by atomic mass is 79.9. The van der Waals surface area contributed by atoms with Crippen LogP contribution in [0, 0.1) is 23.6 Å². The van der Waals surface area contributed by atoms with Gasteiger partial charge in [0.05, 0.1) is 10.2 Å². The molecule has 0 radical (unpaired) electrons. The molecular weight excluding hydrogens is 603 g/mol. The first-order chi connectivity index (χ1) is 18.3. The van der Waals surface area contributed by atoms with Crippen LogP contribution in [-0.4, -0.2) is 57.5 Å². The molecule has 5 rings (SSSR count). The number of aromatic nitrogens is 4. The van der Waals surface area contributed by atoms with Crippen LogP contribution in [0.25, 0.3) is 17.2 Å². The second kappa shape index (κ2) is 10.1. The van der Waals surface area contributed by atoms with E-state index in [1.165, 1.54) is 22.5 Å².